The highest BCUT2D eigenvalue weighted by Gasteiger charge is 2.15. The molecule has 0 radical (unpaired) electrons. The SMILES string of the molecule is Cc1ccc(N(c2ccc(/C=C/c3ccc(-c4ccc(/C=C(/C#N)C(=O)O)s4)s3)cc2)c2ccc(C)cc2C)cc1. The number of nitrogens with zero attached hydrogens (tertiary/aromatic N) is 2. The third-order valence-corrected chi connectivity index (χ3v) is 8.89. The molecule has 2 aromatic heterocycles. The average Bonchev–Trinajstić information content (AvgIpc) is 3.63. The van der Waals surface area contributed by atoms with E-state index in [-0.39, 0.29) is 5.57 Å². The fraction of sp³-hybridized carbons (Fsp3) is 0.0857. The van der Waals surface area contributed by atoms with Gasteiger partial charge in [0.2, 0.25) is 0 Å². The molecule has 0 bridgehead atoms. The molecule has 1 N–H and O–H groups in total. The molecule has 41 heavy (non-hydrogen) atoms. The first kappa shape index (κ1) is 27.9. The van der Waals surface area contributed by atoms with Crippen LogP contribution in [0.25, 0.3) is 28.0 Å². The molecule has 0 unspecified atom stereocenters. The molecule has 3 aromatic carbocycles. The summed E-state index contributed by atoms with van der Waals surface area (Å²) >= 11 is 3.14. The zero-order valence-electron chi connectivity index (χ0n) is 23.0. The number of carboxylic acid groups (broad SMARTS) is 1. The summed E-state index contributed by atoms with van der Waals surface area (Å²) in [7, 11) is 0. The first-order valence-electron chi connectivity index (χ1n) is 13.1. The first-order valence-corrected chi connectivity index (χ1v) is 14.7. The monoisotopic (exact) mass is 572 g/mol. The zero-order valence-corrected chi connectivity index (χ0v) is 24.6. The van der Waals surface area contributed by atoms with Crippen LogP contribution in [-0.2, 0) is 4.79 Å². The molecule has 5 rings (SSSR count). The lowest BCUT2D eigenvalue weighted by atomic mass is 10.1. The second-order valence-corrected chi connectivity index (χ2v) is 12.0. The van der Waals surface area contributed by atoms with Crippen molar-refractivity contribution in [3.05, 3.63) is 129 Å². The molecule has 0 saturated carbocycles. The number of aliphatic carboxylic acids is 1. The molecule has 0 aliphatic rings. The smallest absolute Gasteiger partial charge is 0.346 e. The summed E-state index contributed by atoms with van der Waals surface area (Å²) < 4.78 is 0. The van der Waals surface area contributed by atoms with Gasteiger partial charge in [-0.15, -0.1) is 22.7 Å². The van der Waals surface area contributed by atoms with Crippen LogP contribution in [-0.4, -0.2) is 11.1 Å². The van der Waals surface area contributed by atoms with Crippen LogP contribution in [0.3, 0.4) is 0 Å². The molecule has 0 amide bonds. The Hall–Kier alpha value is -4.70. The summed E-state index contributed by atoms with van der Waals surface area (Å²) in [6.45, 7) is 6.38. The molecule has 4 nitrogen and oxygen atoms in total. The lowest BCUT2D eigenvalue weighted by Gasteiger charge is -2.27. The number of anilines is 3. The Labute approximate surface area is 248 Å². The topological polar surface area (TPSA) is 64.3 Å². The van der Waals surface area contributed by atoms with Crippen LogP contribution in [0, 0.1) is 32.1 Å². The molecule has 0 aliphatic carbocycles. The normalized spacial score (nSPS) is 11.5. The van der Waals surface area contributed by atoms with Crippen LogP contribution in [0.2, 0.25) is 0 Å². The van der Waals surface area contributed by atoms with Gasteiger partial charge in [-0.25, -0.2) is 4.79 Å². The third kappa shape index (κ3) is 6.55. The molecular weight excluding hydrogens is 545 g/mol. The van der Waals surface area contributed by atoms with Crippen molar-refractivity contribution >= 4 is 63.9 Å². The van der Waals surface area contributed by atoms with Crippen molar-refractivity contribution in [2.45, 2.75) is 20.8 Å². The lowest BCUT2D eigenvalue weighted by molar-refractivity contribution is -0.132. The highest BCUT2D eigenvalue weighted by atomic mass is 32.1. The summed E-state index contributed by atoms with van der Waals surface area (Å²) in [6.07, 6.45) is 5.63. The largest absolute Gasteiger partial charge is 0.477 e. The Morgan fingerprint density at radius 3 is 1.95 bits per heavy atom. The summed E-state index contributed by atoms with van der Waals surface area (Å²) in [5.41, 5.74) is 7.92. The van der Waals surface area contributed by atoms with Crippen molar-refractivity contribution in [1.82, 2.24) is 0 Å². The van der Waals surface area contributed by atoms with Crippen LogP contribution >= 0.6 is 22.7 Å². The third-order valence-electron chi connectivity index (χ3n) is 6.61. The van der Waals surface area contributed by atoms with Crippen molar-refractivity contribution in [2.24, 2.45) is 0 Å². The molecule has 0 saturated heterocycles. The van der Waals surface area contributed by atoms with E-state index in [0.29, 0.717) is 0 Å². The van der Waals surface area contributed by atoms with E-state index < -0.39 is 5.97 Å². The van der Waals surface area contributed by atoms with Crippen molar-refractivity contribution in [1.29, 1.82) is 5.26 Å². The van der Waals surface area contributed by atoms with Crippen LogP contribution in [0.5, 0.6) is 0 Å². The van der Waals surface area contributed by atoms with E-state index >= 15 is 0 Å². The molecule has 2 heterocycles. The van der Waals surface area contributed by atoms with E-state index in [1.807, 2.05) is 12.1 Å². The van der Waals surface area contributed by atoms with Gasteiger partial charge in [-0.1, -0.05) is 53.6 Å². The second kappa shape index (κ2) is 12.2. The van der Waals surface area contributed by atoms with E-state index in [2.05, 4.69) is 117 Å². The molecule has 0 aliphatic heterocycles. The molecule has 0 spiro atoms. The van der Waals surface area contributed by atoms with Crippen LogP contribution in [0.15, 0.2) is 96.6 Å². The number of hydrogen-bond donors (Lipinski definition) is 1. The first-order chi connectivity index (χ1) is 19.8. The minimum absolute atomic E-state index is 0.268. The summed E-state index contributed by atoms with van der Waals surface area (Å²) in [6, 6.07) is 33.5. The predicted molar refractivity (Wildman–Crippen MR) is 173 cm³/mol. The van der Waals surface area contributed by atoms with Gasteiger partial charge in [0.15, 0.2) is 0 Å². The number of aryl methyl sites for hydroxylation is 3. The number of carboxylic acids is 1. The molecule has 202 valence electrons. The van der Waals surface area contributed by atoms with Gasteiger partial charge in [0.1, 0.15) is 11.6 Å². The highest BCUT2D eigenvalue weighted by molar-refractivity contribution is 7.23. The molecule has 0 fully saturated rings. The van der Waals surface area contributed by atoms with Gasteiger partial charge in [-0.05, 0) is 98.6 Å². The maximum Gasteiger partial charge on any atom is 0.346 e. The number of thiophene rings is 2. The Bertz CT molecular complexity index is 1800. The van der Waals surface area contributed by atoms with Gasteiger partial charge >= 0.3 is 5.97 Å². The minimum Gasteiger partial charge on any atom is -0.477 e. The summed E-state index contributed by atoms with van der Waals surface area (Å²) in [5, 5.41) is 18.1. The quantitative estimate of drug-likeness (QED) is 0.148. The van der Waals surface area contributed by atoms with Crippen molar-refractivity contribution in [3.8, 4) is 15.8 Å². The van der Waals surface area contributed by atoms with Crippen molar-refractivity contribution in [3.63, 3.8) is 0 Å². The fourth-order valence-corrected chi connectivity index (χ4v) is 6.46. The summed E-state index contributed by atoms with van der Waals surface area (Å²) in [5.74, 6) is -1.22. The van der Waals surface area contributed by atoms with Crippen LogP contribution < -0.4 is 4.90 Å². The fourth-order valence-electron chi connectivity index (χ4n) is 4.51. The minimum atomic E-state index is -1.22. The number of rotatable bonds is 8. The van der Waals surface area contributed by atoms with E-state index in [0.717, 1.165) is 42.1 Å². The van der Waals surface area contributed by atoms with Crippen molar-refractivity contribution in [2.75, 3.05) is 4.90 Å². The van der Waals surface area contributed by atoms with Gasteiger partial charge in [-0.2, -0.15) is 5.26 Å². The van der Waals surface area contributed by atoms with Gasteiger partial charge in [0.05, 0.1) is 0 Å². The number of benzene rings is 3. The van der Waals surface area contributed by atoms with Gasteiger partial charge in [-0.3, -0.25) is 0 Å². The lowest BCUT2D eigenvalue weighted by Crippen LogP contribution is -2.11. The maximum atomic E-state index is 11.1. The predicted octanol–water partition coefficient (Wildman–Crippen LogP) is 10.0. The number of carbonyl (C=O) groups is 1. The second-order valence-electron chi connectivity index (χ2n) is 9.76. The van der Waals surface area contributed by atoms with E-state index in [1.54, 1.807) is 17.4 Å². The Morgan fingerprint density at radius 1 is 0.756 bits per heavy atom. The highest BCUT2D eigenvalue weighted by Crippen LogP contribution is 2.38. The Morgan fingerprint density at radius 2 is 1.34 bits per heavy atom. The van der Waals surface area contributed by atoms with Gasteiger partial charge in [0.25, 0.3) is 0 Å². The van der Waals surface area contributed by atoms with Gasteiger partial charge < -0.3 is 10.0 Å². The van der Waals surface area contributed by atoms with E-state index in [4.69, 9.17) is 10.4 Å². The number of nitriles is 1. The van der Waals surface area contributed by atoms with E-state index in [9.17, 15) is 4.79 Å². The summed E-state index contributed by atoms with van der Waals surface area (Å²) in [4.78, 5) is 17.4. The van der Waals surface area contributed by atoms with Crippen LogP contribution in [0.1, 0.15) is 32.0 Å². The molecule has 5 aromatic rings. The molecule has 6 heteroatoms. The van der Waals surface area contributed by atoms with Crippen LogP contribution in [0.4, 0.5) is 17.1 Å². The Balaban J connectivity index is 1.36. The Kier molecular flexibility index (Phi) is 8.30. The standard InChI is InChI=1S/C35H28N2O2S2/c1-23-4-10-28(11-5-23)37(32-17-6-24(2)20-25(32)3)29-12-7-26(8-13-29)9-14-30-15-18-33(40-30)34-19-16-31(41-34)21-27(22-36)35(38)39/h4-21H,1-3H3,(H,38,39)/b14-9+,27-21-. The maximum absolute atomic E-state index is 11.1. The zero-order chi connectivity index (χ0) is 28.9. The van der Waals surface area contributed by atoms with Crippen molar-refractivity contribution < 1.29 is 9.90 Å². The molecule has 0 atom stereocenters. The van der Waals surface area contributed by atoms with Gasteiger partial charge in [0, 0.05) is 36.6 Å². The van der Waals surface area contributed by atoms with E-state index in [1.165, 1.54) is 34.1 Å². The number of hydrogen-bond acceptors (Lipinski definition) is 5. The average molecular weight is 573 g/mol. The molecular formula is C35H28N2O2S2.